The first-order valence-electron chi connectivity index (χ1n) is 13.2. The molecule has 2 aliphatic heterocycles. The minimum Gasteiger partial charge on any atom is -0.353 e. The summed E-state index contributed by atoms with van der Waals surface area (Å²) in [4.78, 5) is 15.1. The Hall–Kier alpha value is -3.41. The molecule has 1 aromatic carbocycles. The molecule has 1 aromatic heterocycles. The molecule has 2 aromatic rings. The topological polar surface area (TPSA) is 43.8 Å². The van der Waals surface area contributed by atoms with Crippen molar-refractivity contribution < 1.29 is 0 Å². The van der Waals surface area contributed by atoms with Gasteiger partial charge in [0.1, 0.15) is 11.7 Å². The fourth-order valence-corrected chi connectivity index (χ4v) is 5.04. The molecule has 3 heterocycles. The number of nitrogens with one attached hydrogen (secondary N) is 1. The number of aromatic nitrogens is 1. The molecule has 0 spiro atoms. The number of fused-ring (bicyclic) bond motifs is 1. The number of aliphatic imine (C=N–C) groups is 1. The van der Waals surface area contributed by atoms with Crippen LogP contribution in [0.1, 0.15) is 38.8 Å². The Morgan fingerprint density at radius 1 is 1.13 bits per heavy atom. The SMILES string of the molecule is C=C(C)c1ccccc1-c1nc2c(cc1Cl)\C(N1CCN(C)CC1)=N/C(=C(C)/C=C\C)C(=C)C(C)/C=C\N2. The quantitative estimate of drug-likeness (QED) is 0.451. The molecule has 1 fully saturated rings. The van der Waals surface area contributed by atoms with Crippen molar-refractivity contribution >= 4 is 28.8 Å². The molecule has 0 radical (unpaired) electrons. The number of piperazine rings is 1. The molecule has 2 aliphatic rings. The van der Waals surface area contributed by atoms with Gasteiger partial charge in [-0.25, -0.2) is 9.98 Å². The van der Waals surface area contributed by atoms with Crippen LogP contribution in [-0.4, -0.2) is 53.8 Å². The van der Waals surface area contributed by atoms with Gasteiger partial charge in [-0.1, -0.05) is 79.7 Å². The van der Waals surface area contributed by atoms with E-state index in [1.807, 2.05) is 50.4 Å². The Bertz CT molecular complexity index is 1360. The van der Waals surface area contributed by atoms with Crippen molar-refractivity contribution in [3.8, 4) is 11.3 Å². The Labute approximate surface area is 232 Å². The lowest BCUT2D eigenvalue weighted by Crippen LogP contribution is -2.47. The van der Waals surface area contributed by atoms with Crippen molar-refractivity contribution in [2.75, 3.05) is 38.5 Å². The monoisotopic (exact) mass is 527 g/mol. The van der Waals surface area contributed by atoms with E-state index in [0.29, 0.717) is 5.02 Å². The molecule has 0 saturated carbocycles. The van der Waals surface area contributed by atoms with Crippen LogP contribution in [0.3, 0.4) is 0 Å². The summed E-state index contributed by atoms with van der Waals surface area (Å²) >= 11 is 7.01. The molecule has 5 nitrogen and oxygen atoms in total. The van der Waals surface area contributed by atoms with Crippen molar-refractivity contribution in [1.82, 2.24) is 14.8 Å². The van der Waals surface area contributed by atoms with Crippen molar-refractivity contribution in [1.29, 1.82) is 0 Å². The zero-order chi connectivity index (χ0) is 27.4. The van der Waals surface area contributed by atoms with Crippen LogP contribution in [0.25, 0.3) is 16.8 Å². The number of amidine groups is 1. The normalized spacial score (nSPS) is 22.4. The van der Waals surface area contributed by atoms with Crippen LogP contribution in [0.15, 0.2) is 89.8 Å². The largest absolute Gasteiger partial charge is 0.353 e. The van der Waals surface area contributed by atoms with E-state index in [1.165, 1.54) is 0 Å². The molecule has 6 heteroatoms. The lowest BCUT2D eigenvalue weighted by Gasteiger charge is -2.35. The van der Waals surface area contributed by atoms with Crippen molar-refractivity contribution in [2.45, 2.75) is 27.7 Å². The molecule has 4 rings (SSSR count). The maximum atomic E-state index is 7.01. The van der Waals surface area contributed by atoms with Crippen molar-refractivity contribution in [3.63, 3.8) is 0 Å². The molecule has 1 unspecified atom stereocenters. The van der Waals surface area contributed by atoms with Gasteiger partial charge in [0.2, 0.25) is 0 Å². The van der Waals surface area contributed by atoms with Gasteiger partial charge in [0.25, 0.3) is 0 Å². The molecular weight excluding hydrogens is 490 g/mol. The molecule has 1 atom stereocenters. The van der Waals surface area contributed by atoms with Crippen LogP contribution in [0.4, 0.5) is 5.82 Å². The number of halogens is 1. The molecule has 198 valence electrons. The summed E-state index contributed by atoms with van der Waals surface area (Å²) in [6.07, 6.45) is 8.19. The van der Waals surface area contributed by atoms with Gasteiger partial charge in [0.15, 0.2) is 0 Å². The Morgan fingerprint density at radius 3 is 2.53 bits per heavy atom. The number of hydrogen-bond donors (Lipinski definition) is 1. The van der Waals surface area contributed by atoms with Gasteiger partial charge in [-0.05, 0) is 56.8 Å². The van der Waals surface area contributed by atoms with E-state index in [1.54, 1.807) is 0 Å². The summed E-state index contributed by atoms with van der Waals surface area (Å²) in [5, 5.41) is 4.03. The van der Waals surface area contributed by atoms with E-state index in [-0.39, 0.29) is 5.92 Å². The van der Waals surface area contributed by atoms with E-state index in [2.05, 4.69) is 67.4 Å². The predicted molar refractivity (Wildman–Crippen MR) is 164 cm³/mol. The van der Waals surface area contributed by atoms with Crippen molar-refractivity contribution in [3.05, 3.63) is 101 Å². The summed E-state index contributed by atoms with van der Waals surface area (Å²) in [6.45, 7) is 20.5. The van der Waals surface area contributed by atoms with E-state index in [0.717, 1.165) is 82.6 Å². The van der Waals surface area contributed by atoms with Crippen LogP contribution in [0.2, 0.25) is 5.02 Å². The first-order chi connectivity index (χ1) is 18.2. The highest BCUT2D eigenvalue weighted by atomic mass is 35.5. The predicted octanol–water partition coefficient (Wildman–Crippen LogP) is 7.41. The lowest BCUT2D eigenvalue weighted by molar-refractivity contribution is 0.215. The Morgan fingerprint density at radius 2 is 1.84 bits per heavy atom. The standard InChI is InChI=1S/C32H38ClN5/c1-8-11-23(5)29-24(6)22(4)14-15-34-31-27(32(36-29)38-18-16-37(7)17-19-38)20-28(33)30(35-31)26-13-10-9-12-25(26)21(2)3/h8-15,20,22H,2,6,16-19H2,1,3-5,7H3,(H,34,35)/b11-8-,15-14-,29-23+,36-32+. The smallest absolute Gasteiger partial charge is 0.141 e. The number of allylic oxidation sites excluding steroid dienone is 6. The molecule has 38 heavy (non-hydrogen) atoms. The van der Waals surface area contributed by atoms with Crippen LogP contribution >= 0.6 is 11.6 Å². The van der Waals surface area contributed by atoms with E-state index < -0.39 is 0 Å². The van der Waals surface area contributed by atoms with Gasteiger partial charge < -0.3 is 15.1 Å². The average Bonchev–Trinajstić information content (AvgIpc) is 2.90. The summed E-state index contributed by atoms with van der Waals surface area (Å²) < 4.78 is 0. The first-order valence-corrected chi connectivity index (χ1v) is 13.5. The molecular formula is C32H38ClN5. The second-order valence-electron chi connectivity index (χ2n) is 10.1. The van der Waals surface area contributed by atoms with Gasteiger partial charge in [-0.15, -0.1) is 0 Å². The van der Waals surface area contributed by atoms with Gasteiger partial charge in [-0.2, -0.15) is 0 Å². The number of pyridine rings is 1. The molecule has 0 bridgehead atoms. The van der Waals surface area contributed by atoms with Crippen molar-refractivity contribution in [2.24, 2.45) is 10.9 Å². The minimum atomic E-state index is 0.0904. The molecule has 1 N–H and O–H groups in total. The first kappa shape index (κ1) is 27.6. The number of anilines is 1. The number of hydrogen-bond acceptors (Lipinski definition) is 5. The number of likely N-dealkylation sites (N-methyl/N-ethyl adjacent to an activating group) is 1. The Kier molecular flexibility index (Phi) is 8.70. The third-order valence-corrected chi connectivity index (χ3v) is 7.42. The van der Waals surface area contributed by atoms with Crippen LogP contribution in [0.5, 0.6) is 0 Å². The highest BCUT2D eigenvalue weighted by molar-refractivity contribution is 6.33. The lowest BCUT2D eigenvalue weighted by atomic mass is 9.96. The number of nitrogens with zero attached hydrogens (tertiary/aromatic N) is 4. The zero-order valence-corrected chi connectivity index (χ0v) is 23.9. The van der Waals surface area contributed by atoms with Gasteiger partial charge in [-0.3, -0.25) is 0 Å². The Balaban J connectivity index is 1.99. The van der Waals surface area contributed by atoms with Gasteiger partial charge in [0, 0.05) is 37.7 Å². The van der Waals surface area contributed by atoms with Crippen LogP contribution < -0.4 is 5.32 Å². The number of benzene rings is 1. The average molecular weight is 528 g/mol. The second kappa shape index (κ2) is 12.0. The fraction of sp³-hybridized carbons (Fsp3) is 0.312. The van der Waals surface area contributed by atoms with Gasteiger partial charge >= 0.3 is 0 Å². The van der Waals surface area contributed by atoms with Gasteiger partial charge in [0.05, 0.1) is 22.0 Å². The van der Waals surface area contributed by atoms with Crippen LogP contribution in [0, 0.1) is 5.92 Å². The summed E-state index contributed by atoms with van der Waals surface area (Å²) in [7, 11) is 2.15. The highest BCUT2D eigenvalue weighted by Gasteiger charge is 2.26. The number of rotatable bonds is 3. The molecule has 0 amide bonds. The fourth-order valence-electron chi connectivity index (χ4n) is 4.79. The molecule has 1 saturated heterocycles. The summed E-state index contributed by atoms with van der Waals surface area (Å²) in [5.41, 5.74) is 7.49. The second-order valence-corrected chi connectivity index (χ2v) is 10.5. The van der Waals surface area contributed by atoms with E-state index in [4.69, 9.17) is 21.6 Å². The van der Waals surface area contributed by atoms with E-state index >= 15 is 0 Å². The van der Waals surface area contributed by atoms with E-state index in [9.17, 15) is 0 Å². The maximum absolute atomic E-state index is 7.01. The minimum absolute atomic E-state index is 0.0904. The third-order valence-electron chi connectivity index (χ3n) is 7.13. The maximum Gasteiger partial charge on any atom is 0.141 e. The highest BCUT2D eigenvalue weighted by Crippen LogP contribution is 2.36. The van der Waals surface area contributed by atoms with Crippen LogP contribution in [-0.2, 0) is 0 Å². The third kappa shape index (κ3) is 5.85. The molecule has 0 aliphatic carbocycles. The zero-order valence-electron chi connectivity index (χ0n) is 23.2. The summed E-state index contributed by atoms with van der Waals surface area (Å²) in [5.74, 6) is 1.67. The summed E-state index contributed by atoms with van der Waals surface area (Å²) in [6, 6.07) is 10.1.